The van der Waals surface area contributed by atoms with Gasteiger partial charge < -0.3 is 19.4 Å². The van der Waals surface area contributed by atoms with Gasteiger partial charge in [0.1, 0.15) is 5.56 Å². The number of hydrogen-bond acceptors (Lipinski definition) is 6. The van der Waals surface area contributed by atoms with E-state index >= 15 is 0 Å². The summed E-state index contributed by atoms with van der Waals surface area (Å²) in [7, 11) is -0.461. The van der Waals surface area contributed by atoms with Gasteiger partial charge in [0.15, 0.2) is 0 Å². The maximum Gasteiger partial charge on any atom is 0.263 e. The molecule has 0 saturated carbocycles. The Balaban J connectivity index is 2.08. The van der Waals surface area contributed by atoms with Crippen molar-refractivity contribution in [2.24, 2.45) is 0 Å². The number of amides is 1. The number of nitrogens with one attached hydrogen (secondary N) is 2. The van der Waals surface area contributed by atoms with Crippen molar-refractivity contribution in [2.75, 3.05) is 39.3 Å². The highest BCUT2D eigenvalue weighted by Gasteiger charge is 2.14. The number of aromatic nitrogens is 1. The Morgan fingerprint density at radius 3 is 2.60 bits per heavy atom. The van der Waals surface area contributed by atoms with E-state index in [0.29, 0.717) is 30.8 Å². The normalized spacial score (nSPS) is 11.4. The van der Waals surface area contributed by atoms with Gasteiger partial charge in [0, 0.05) is 45.8 Å². The van der Waals surface area contributed by atoms with Crippen molar-refractivity contribution in [3.05, 3.63) is 64.1 Å². The zero-order valence-corrected chi connectivity index (χ0v) is 17.9. The van der Waals surface area contributed by atoms with Gasteiger partial charge in [-0.15, -0.1) is 0 Å². The molecule has 9 nitrogen and oxygen atoms in total. The second kappa shape index (κ2) is 11.6. The van der Waals surface area contributed by atoms with E-state index < -0.39 is 21.5 Å². The van der Waals surface area contributed by atoms with E-state index in [1.54, 1.807) is 43.6 Å². The van der Waals surface area contributed by atoms with Crippen LogP contribution in [0, 0.1) is 0 Å². The molecule has 2 aromatic rings. The van der Waals surface area contributed by atoms with E-state index in [4.69, 9.17) is 9.47 Å². The van der Waals surface area contributed by atoms with E-state index in [2.05, 4.69) is 10.0 Å². The van der Waals surface area contributed by atoms with Crippen LogP contribution in [0.3, 0.4) is 0 Å². The maximum absolute atomic E-state index is 12.6. The van der Waals surface area contributed by atoms with Crippen molar-refractivity contribution in [3.8, 4) is 0 Å². The molecule has 0 spiro atoms. The summed E-state index contributed by atoms with van der Waals surface area (Å²) in [5.41, 5.74) is 0.517. The molecule has 1 heterocycles. The molecule has 164 valence electrons. The average molecular weight is 438 g/mol. The second-order valence-electron chi connectivity index (χ2n) is 6.57. The molecular weight excluding hydrogens is 410 g/mol. The number of aryl methyl sites for hydroxylation is 1. The number of hydrogen-bond donors (Lipinski definition) is 2. The van der Waals surface area contributed by atoms with Crippen LogP contribution in [0.5, 0.6) is 0 Å². The number of pyridine rings is 1. The summed E-state index contributed by atoms with van der Waals surface area (Å²) in [5, 5.41) is 2.66. The lowest BCUT2D eigenvalue weighted by Gasteiger charge is -2.10. The third-order valence-electron chi connectivity index (χ3n) is 4.18. The zero-order chi connectivity index (χ0) is 22.0. The topological polar surface area (TPSA) is 116 Å². The lowest BCUT2D eigenvalue weighted by atomic mass is 10.2. The van der Waals surface area contributed by atoms with Crippen molar-refractivity contribution >= 4 is 21.6 Å². The largest absolute Gasteiger partial charge is 0.385 e. The van der Waals surface area contributed by atoms with Crippen molar-refractivity contribution in [2.45, 2.75) is 18.7 Å². The molecule has 0 aliphatic heterocycles. The van der Waals surface area contributed by atoms with Crippen molar-refractivity contribution < 1.29 is 22.7 Å². The number of methoxy groups -OCH3 is 2. The zero-order valence-electron chi connectivity index (χ0n) is 17.1. The van der Waals surface area contributed by atoms with Gasteiger partial charge in [-0.25, -0.2) is 13.1 Å². The number of rotatable bonds is 12. The fraction of sp³-hybridized carbons (Fsp3) is 0.400. The second-order valence-corrected chi connectivity index (χ2v) is 8.37. The highest BCUT2D eigenvalue weighted by Crippen LogP contribution is 2.14. The van der Waals surface area contributed by atoms with E-state index in [9.17, 15) is 18.0 Å². The molecule has 0 aliphatic carbocycles. The number of anilines is 1. The molecule has 0 bridgehead atoms. The summed E-state index contributed by atoms with van der Waals surface area (Å²) in [6.07, 6.45) is 2.27. The Hall–Kier alpha value is -2.53. The van der Waals surface area contributed by atoms with Crippen LogP contribution in [0.1, 0.15) is 22.3 Å². The van der Waals surface area contributed by atoms with Crippen molar-refractivity contribution in [1.29, 1.82) is 0 Å². The highest BCUT2D eigenvalue weighted by molar-refractivity contribution is 7.88. The van der Waals surface area contributed by atoms with Gasteiger partial charge in [-0.05, 0) is 36.2 Å². The van der Waals surface area contributed by atoms with Crippen LogP contribution in [0.25, 0.3) is 0 Å². The van der Waals surface area contributed by atoms with Crippen LogP contribution in [-0.4, -0.2) is 52.9 Å². The van der Waals surface area contributed by atoms with E-state index in [0.717, 1.165) is 0 Å². The van der Waals surface area contributed by atoms with E-state index in [-0.39, 0.29) is 24.5 Å². The van der Waals surface area contributed by atoms with Crippen LogP contribution < -0.4 is 15.6 Å². The summed E-state index contributed by atoms with van der Waals surface area (Å²) in [5.74, 6) is -0.794. The first kappa shape index (κ1) is 23.7. The SMILES string of the molecule is COCCCn1cccc(C(=O)Nc2cccc(CS(=O)(=O)NCCOC)c2)c1=O. The number of benzene rings is 1. The standard InChI is InChI=1S/C20H27N3O6S/c1-28-12-5-11-23-10-4-8-18(20(23)25)19(24)22-17-7-3-6-16(14-17)15-30(26,27)21-9-13-29-2/h3-4,6-8,10,14,21H,5,9,11-13,15H2,1-2H3,(H,22,24). The number of sulfonamides is 1. The molecule has 0 saturated heterocycles. The van der Waals surface area contributed by atoms with Crippen LogP contribution >= 0.6 is 0 Å². The molecule has 0 atom stereocenters. The average Bonchev–Trinajstić information content (AvgIpc) is 2.69. The summed E-state index contributed by atoms with van der Waals surface area (Å²) in [6.45, 7) is 1.41. The van der Waals surface area contributed by atoms with Gasteiger partial charge in [-0.1, -0.05) is 12.1 Å². The molecule has 10 heteroatoms. The minimum atomic E-state index is -3.53. The van der Waals surface area contributed by atoms with Gasteiger partial charge in [0.2, 0.25) is 10.0 Å². The number of carbonyl (C=O) groups excluding carboxylic acids is 1. The predicted molar refractivity (Wildman–Crippen MR) is 114 cm³/mol. The molecule has 0 fully saturated rings. The third kappa shape index (κ3) is 7.38. The Morgan fingerprint density at radius 2 is 1.87 bits per heavy atom. The Morgan fingerprint density at radius 1 is 1.10 bits per heavy atom. The van der Waals surface area contributed by atoms with Crippen molar-refractivity contribution in [3.63, 3.8) is 0 Å². The fourth-order valence-electron chi connectivity index (χ4n) is 2.77. The molecule has 30 heavy (non-hydrogen) atoms. The van der Waals surface area contributed by atoms with Gasteiger partial charge in [-0.3, -0.25) is 9.59 Å². The molecule has 1 aromatic carbocycles. The quantitative estimate of drug-likeness (QED) is 0.482. The van der Waals surface area contributed by atoms with Crippen LogP contribution in [0.2, 0.25) is 0 Å². The lowest BCUT2D eigenvalue weighted by molar-refractivity contribution is 0.102. The first-order chi connectivity index (χ1) is 14.4. The molecule has 0 unspecified atom stereocenters. The summed E-state index contributed by atoms with van der Waals surface area (Å²) < 4.78 is 37.9. The van der Waals surface area contributed by atoms with Gasteiger partial charge >= 0.3 is 0 Å². The Labute approximate surface area is 176 Å². The summed E-state index contributed by atoms with van der Waals surface area (Å²) >= 11 is 0. The maximum atomic E-state index is 12.6. The molecule has 1 amide bonds. The Kier molecular flexibility index (Phi) is 9.18. The van der Waals surface area contributed by atoms with Gasteiger partial charge in [0.05, 0.1) is 12.4 Å². The Bertz CT molecular complexity index is 1000. The molecule has 0 aliphatic rings. The van der Waals surface area contributed by atoms with Crippen LogP contribution in [0.4, 0.5) is 5.69 Å². The fourth-order valence-corrected chi connectivity index (χ4v) is 3.89. The summed E-state index contributed by atoms with van der Waals surface area (Å²) in [6, 6.07) is 9.58. The molecule has 2 N–H and O–H groups in total. The smallest absolute Gasteiger partial charge is 0.263 e. The van der Waals surface area contributed by atoms with E-state index in [1.807, 2.05) is 0 Å². The number of carbonyl (C=O) groups is 1. The van der Waals surface area contributed by atoms with Crippen molar-refractivity contribution in [1.82, 2.24) is 9.29 Å². The number of nitrogens with zero attached hydrogens (tertiary/aromatic N) is 1. The van der Waals surface area contributed by atoms with E-state index in [1.165, 1.54) is 17.7 Å². The monoisotopic (exact) mass is 437 g/mol. The third-order valence-corrected chi connectivity index (χ3v) is 5.54. The first-order valence-corrected chi connectivity index (χ1v) is 11.1. The predicted octanol–water partition coefficient (Wildman–Crippen LogP) is 1.20. The van der Waals surface area contributed by atoms with Gasteiger partial charge in [-0.2, -0.15) is 0 Å². The molecule has 0 radical (unpaired) electrons. The molecule has 2 rings (SSSR count). The van der Waals surface area contributed by atoms with Crippen LogP contribution in [-0.2, 0) is 31.8 Å². The lowest BCUT2D eigenvalue weighted by Crippen LogP contribution is -2.29. The van der Waals surface area contributed by atoms with Gasteiger partial charge in [0.25, 0.3) is 11.5 Å². The molecular formula is C20H27N3O6S. The minimum absolute atomic E-state index is 0.00849. The summed E-state index contributed by atoms with van der Waals surface area (Å²) in [4.78, 5) is 25.1. The first-order valence-electron chi connectivity index (χ1n) is 9.41. The number of ether oxygens (including phenoxy) is 2. The molecule has 1 aromatic heterocycles. The highest BCUT2D eigenvalue weighted by atomic mass is 32.2. The van der Waals surface area contributed by atoms with Crippen LogP contribution in [0.15, 0.2) is 47.4 Å². The minimum Gasteiger partial charge on any atom is -0.385 e.